The van der Waals surface area contributed by atoms with E-state index < -0.39 is 18.5 Å². The number of carbonyl (C=O) groups is 1. The molecule has 0 aromatic heterocycles. The van der Waals surface area contributed by atoms with Gasteiger partial charge in [-0.25, -0.2) is 0 Å². The number of carbonyl (C=O) groups excluding carboxylic acids is 1. The van der Waals surface area contributed by atoms with Gasteiger partial charge in [-0.05, 0) is 25.8 Å². The summed E-state index contributed by atoms with van der Waals surface area (Å²) < 4.78 is 49.0. The molecule has 0 saturated carbocycles. The van der Waals surface area contributed by atoms with Gasteiger partial charge in [-0.2, -0.15) is 13.2 Å². The first-order valence-corrected chi connectivity index (χ1v) is 8.23. The lowest BCUT2D eigenvalue weighted by Gasteiger charge is -2.41. The fraction of sp³-hybridized carbons (Fsp3) is 0.933. The van der Waals surface area contributed by atoms with E-state index in [0.29, 0.717) is 45.7 Å². The molecule has 0 aliphatic carbocycles. The quantitative estimate of drug-likeness (QED) is 0.769. The van der Waals surface area contributed by atoms with Crippen LogP contribution in [-0.4, -0.2) is 73.6 Å². The topological polar surface area (TPSA) is 42.0 Å². The van der Waals surface area contributed by atoms with Crippen LogP contribution in [0.25, 0.3) is 0 Å². The minimum Gasteiger partial charge on any atom is -0.346 e. The largest absolute Gasteiger partial charge is 0.401 e. The van der Waals surface area contributed by atoms with Crippen LogP contribution in [0.4, 0.5) is 13.2 Å². The Labute approximate surface area is 133 Å². The van der Waals surface area contributed by atoms with Crippen molar-refractivity contribution in [3.05, 3.63) is 0 Å². The van der Waals surface area contributed by atoms with Crippen LogP contribution in [0, 0.1) is 5.92 Å². The Bertz CT molecular complexity index is 438. The van der Waals surface area contributed by atoms with E-state index in [-0.39, 0.29) is 18.4 Å². The lowest BCUT2D eigenvalue weighted by Crippen LogP contribution is -2.54. The average Bonchev–Trinajstić information content (AvgIpc) is 2.93. The number of rotatable bonds is 2. The molecule has 3 heterocycles. The Morgan fingerprint density at radius 1 is 1.17 bits per heavy atom. The van der Waals surface area contributed by atoms with Crippen molar-refractivity contribution in [3.63, 3.8) is 0 Å². The van der Waals surface area contributed by atoms with E-state index in [9.17, 15) is 18.0 Å². The molecule has 0 bridgehead atoms. The third-order valence-electron chi connectivity index (χ3n) is 4.80. The Kier molecular flexibility index (Phi) is 4.85. The summed E-state index contributed by atoms with van der Waals surface area (Å²) >= 11 is 0. The minimum atomic E-state index is -4.22. The number of ether oxygens (including phenoxy) is 2. The number of piperidine rings is 2. The highest BCUT2D eigenvalue weighted by atomic mass is 19.4. The van der Waals surface area contributed by atoms with Crippen molar-refractivity contribution >= 4 is 5.91 Å². The first kappa shape index (κ1) is 17.0. The zero-order valence-corrected chi connectivity index (χ0v) is 13.1. The molecule has 3 saturated heterocycles. The zero-order valence-electron chi connectivity index (χ0n) is 13.1. The van der Waals surface area contributed by atoms with Crippen LogP contribution in [0.1, 0.15) is 25.7 Å². The summed E-state index contributed by atoms with van der Waals surface area (Å²) in [5.41, 5.74) is 0. The maximum absolute atomic E-state index is 12.7. The highest BCUT2D eigenvalue weighted by Crippen LogP contribution is 2.32. The molecule has 3 aliphatic heterocycles. The van der Waals surface area contributed by atoms with Crippen LogP contribution in [0.5, 0.6) is 0 Å². The van der Waals surface area contributed by atoms with Gasteiger partial charge in [-0.15, -0.1) is 0 Å². The summed E-state index contributed by atoms with van der Waals surface area (Å²) in [6, 6.07) is 0. The molecule has 23 heavy (non-hydrogen) atoms. The van der Waals surface area contributed by atoms with Crippen LogP contribution in [0.15, 0.2) is 0 Å². The molecular weight excluding hydrogens is 313 g/mol. The average molecular weight is 336 g/mol. The van der Waals surface area contributed by atoms with E-state index in [4.69, 9.17) is 9.47 Å². The van der Waals surface area contributed by atoms with Gasteiger partial charge < -0.3 is 14.4 Å². The van der Waals surface area contributed by atoms with Crippen molar-refractivity contribution in [1.82, 2.24) is 9.80 Å². The van der Waals surface area contributed by atoms with E-state index in [2.05, 4.69) is 0 Å². The highest BCUT2D eigenvalue weighted by molar-refractivity contribution is 5.79. The molecular formula is C15H23F3N2O3. The molecule has 0 radical (unpaired) electrons. The Morgan fingerprint density at radius 2 is 1.91 bits per heavy atom. The van der Waals surface area contributed by atoms with Crippen LogP contribution in [0.3, 0.4) is 0 Å². The fourth-order valence-corrected chi connectivity index (χ4v) is 3.82. The number of likely N-dealkylation sites (tertiary alicyclic amines) is 2. The number of hydrogen-bond acceptors (Lipinski definition) is 4. The fourth-order valence-electron chi connectivity index (χ4n) is 3.82. The van der Waals surface area contributed by atoms with Crippen LogP contribution in [-0.2, 0) is 14.3 Å². The molecule has 0 aromatic rings. The molecule has 132 valence electrons. The van der Waals surface area contributed by atoms with Gasteiger partial charge in [0.25, 0.3) is 0 Å². The summed E-state index contributed by atoms with van der Waals surface area (Å²) in [7, 11) is 0. The SMILES string of the molecule is O=C([C@@H]1CCCN(CC(F)(F)F)C1)N1CCCC2(C1)OCCO2. The smallest absolute Gasteiger partial charge is 0.346 e. The third-order valence-corrected chi connectivity index (χ3v) is 4.80. The van der Waals surface area contributed by atoms with Gasteiger partial charge in [0.2, 0.25) is 5.91 Å². The summed E-state index contributed by atoms with van der Waals surface area (Å²) in [5, 5.41) is 0. The van der Waals surface area contributed by atoms with Crippen molar-refractivity contribution in [3.8, 4) is 0 Å². The second-order valence-corrected chi connectivity index (χ2v) is 6.66. The molecule has 3 fully saturated rings. The van der Waals surface area contributed by atoms with Gasteiger partial charge in [0.1, 0.15) is 0 Å². The zero-order chi connectivity index (χ0) is 16.5. The van der Waals surface area contributed by atoms with Crippen molar-refractivity contribution in [2.75, 3.05) is 45.9 Å². The van der Waals surface area contributed by atoms with E-state index in [1.54, 1.807) is 4.90 Å². The van der Waals surface area contributed by atoms with Crippen LogP contribution < -0.4 is 0 Å². The summed E-state index contributed by atoms with van der Waals surface area (Å²) in [6.07, 6.45) is -1.38. The molecule has 0 unspecified atom stereocenters. The maximum Gasteiger partial charge on any atom is 0.401 e. The first-order valence-electron chi connectivity index (χ1n) is 8.23. The van der Waals surface area contributed by atoms with E-state index in [1.165, 1.54) is 4.90 Å². The van der Waals surface area contributed by atoms with Crippen molar-refractivity contribution in [2.45, 2.75) is 37.6 Å². The monoisotopic (exact) mass is 336 g/mol. The van der Waals surface area contributed by atoms with Crippen molar-refractivity contribution < 1.29 is 27.4 Å². The third kappa shape index (κ3) is 4.16. The van der Waals surface area contributed by atoms with Gasteiger partial charge >= 0.3 is 6.18 Å². The summed E-state index contributed by atoms with van der Waals surface area (Å²) in [5.74, 6) is -1.11. The molecule has 5 nitrogen and oxygen atoms in total. The number of nitrogens with zero attached hydrogens (tertiary/aromatic N) is 2. The molecule has 0 aromatic carbocycles. The molecule has 1 amide bonds. The number of halogens is 3. The van der Waals surface area contributed by atoms with E-state index in [0.717, 1.165) is 12.8 Å². The van der Waals surface area contributed by atoms with Crippen molar-refractivity contribution in [1.29, 1.82) is 0 Å². The molecule has 3 rings (SSSR count). The van der Waals surface area contributed by atoms with Gasteiger partial charge in [-0.3, -0.25) is 9.69 Å². The van der Waals surface area contributed by atoms with Crippen molar-refractivity contribution in [2.24, 2.45) is 5.92 Å². The maximum atomic E-state index is 12.7. The van der Waals surface area contributed by atoms with Crippen LogP contribution in [0.2, 0.25) is 0 Å². The van der Waals surface area contributed by atoms with Gasteiger partial charge in [0, 0.05) is 19.5 Å². The van der Waals surface area contributed by atoms with Gasteiger partial charge in [0.05, 0.1) is 32.2 Å². The Balaban J connectivity index is 1.58. The molecule has 1 atom stereocenters. The molecule has 8 heteroatoms. The minimum absolute atomic E-state index is 0.0601. The van der Waals surface area contributed by atoms with Gasteiger partial charge in [-0.1, -0.05) is 0 Å². The van der Waals surface area contributed by atoms with Gasteiger partial charge in [0.15, 0.2) is 5.79 Å². The number of alkyl halides is 3. The Hall–Kier alpha value is -0.860. The lowest BCUT2D eigenvalue weighted by molar-refractivity contribution is -0.195. The van der Waals surface area contributed by atoms with E-state index >= 15 is 0 Å². The normalized spacial score (nSPS) is 29.2. The lowest BCUT2D eigenvalue weighted by atomic mass is 9.94. The molecule has 1 spiro atoms. The Morgan fingerprint density at radius 3 is 2.61 bits per heavy atom. The molecule has 0 N–H and O–H groups in total. The number of hydrogen-bond donors (Lipinski definition) is 0. The molecule has 3 aliphatic rings. The standard InChI is InChI=1S/C15H23F3N2O3/c16-15(17,18)11-19-5-1-3-12(9-19)13(21)20-6-2-4-14(10-20)22-7-8-23-14/h12H,1-11H2/t12-/m1/s1. The van der Waals surface area contributed by atoms with Crippen LogP contribution >= 0.6 is 0 Å². The predicted molar refractivity (Wildman–Crippen MR) is 75.7 cm³/mol. The second kappa shape index (κ2) is 6.57. The highest BCUT2D eigenvalue weighted by Gasteiger charge is 2.44. The first-order chi connectivity index (χ1) is 10.9. The predicted octanol–water partition coefficient (Wildman–Crippen LogP) is 1.63. The number of amides is 1. The summed E-state index contributed by atoms with van der Waals surface area (Å²) in [4.78, 5) is 15.8. The second-order valence-electron chi connectivity index (χ2n) is 6.66. The van der Waals surface area contributed by atoms with E-state index in [1.807, 2.05) is 0 Å². The summed E-state index contributed by atoms with van der Waals surface area (Å²) in [6.45, 7) is 1.73.